The predicted molar refractivity (Wildman–Crippen MR) is 96.6 cm³/mol. The van der Waals surface area contributed by atoms with Crippen LogP contribution in [0.2, 0.25) is 0 Å². The summed E-state index contributed by atoms with van der Waals surface area (Å²) in [6.45, 7) is 5.49. The fourth-order valence-electron chi connectivity index (χ4n) is 2.20. The van der Waals surface area contributed by atoms with Crippen LogP contribution in [0.5, 0.6) is 0 Å². The van der Waals surface area contributed by atoms with Crippen molar-refractivity contribution in [3.63, 3.8) is 0 Å². The van der Waals surface area contributed by atoms with E-state index >= 15 is 0 Å². The Morgan fingerprint density at radius 2 is 2.00 bits per heavy atom. The topological polar surface area (TPSA) is 12.0 Å². The Labute approximate surface area is 137 Å². The molecule has 0 aliphatic carbocycles. The lowest BCUT2D eigenvalue weighted by Crippen LogP contribution is -2.32. The minimum Gasteiger partial charge on any atom is -0.313 e. The van der Waals surface area contributed by atoms with Crippen molar-refractivity contribution in [3.8, 4) is 0 Å². The van der Waals surface area contributed by atoms with Gasteiger partial charge in [-0.05, 0) is 56.3 Å². The summed E-state index contributed by atoms with van der Waals surface area (Å²) in [6, 6.07) is 13.8. The summed E-state index contributed by atoms with van der Waals surface area (Å²) in [7, 11) is 0. The molecular weight excluding hydrogens is 294 g/mol. The van der Waals surface area contributed by atoms with Gasteiger partial charge in [0.05, 0.1) is 0 Å². The van der Waals surface area contributed by atoms with Crippen LogP contribution >= 0.6 is 23.1 Å². The van der Waals surface area contributed by atoms with Gasteiger partial charge in [0.1, 0.15) is 0 Å². The Morgan fingerprint density at radius 3 is 2.67 bits per heavy atom. The maximum absolute atomic E-state index is 3.70. The molecule has 21 heavy (non-hydrogen) atoms. The van der Waals surface area contributed by atoms with Gasteiger partial charge in [-0.3, -0.25) is 0 Å². The molecule has 0 bridgehead atoms. The van der Waals surface area contributed by atoms with Crippen molar-refractivity contribution in [2.24, 2.45) is 0 Å². The number of thiophene rings is 1. The van der Waals surface area contributed by atoms with E-state index in [0.717, 1.165) is 12.3 Å². The zero-order chi connectivity index (χ0) is 14.9. The van der Waals surface area contributed by atoms with E-state index < -0.39 is 0 Å². The number of rotatable bonds is 9. The molecule has 0 aliphatic rings. The van der Waals surface area contributed by atoms with Crippen molar-refractivity contribution in [3.05, 3.63) is 52.2 Å². The highest BCUT2D eigenvalue weighted by molar-refractivity contribution is 7.99. The molecule has 0 amide bonds. The molecule has 1 atom stereocenters. The number of hydrogen-bond acceptors (Lipinski definition) is 3. The van der Waals surface area contributed by atoms with Crippen LogP contribution in [0.1, 0.15) is 30.2 Å². The maximum Gasteiger partial charge on any atom is 0.0165 e. The first-order chi connectivity index (χ1) is 10.3. The Kier molecular flexibility index (Phi) is 7.34. The van der Waals surface area contributed by atoms with Gasteiger partial charge in [0.15, 0.2) is 0 Å². The highest BCUT2D eigenvalue weighted by Crippen LogP contribution is 2.21. The van der Waals surface area contributed by atoms with Gasteiger partial charge in [0, 0.05) is 21.6 Å². The van der Waals surface area contributed by atoms with Crippen molar-refractivity contribution in [1.29, 1.82) is 0 Å². The van der Waals surface area contributed by atoms with Crippen LogP contribution in [0.25, 0.3) is 0 Å². The Balaban J connectivity index is 1.81. The third kappa shape index (κ3) is 6.25. The minimum atomic E-state index is 0.596. The van der Waals surface area contributed by atoms with Crippen molar-refractivity contribution in [2.75, 3.05) is 12.3 Å². The number of nitrogens with one attached hydrogen (secondary N) is 1. The fourth-order valence-corrected chi connectivity index (χ4v) is 3.93. The van der Waals surface area contributed by atoms with Crippen LogP contribution in [0, 0.1) is 6.92 Å². The summed E-state index contributed by atoms with van der Waals surface area (Å²) in [4.78, 5) is 2.87. The van der Waals surface area contributed by atoms with Crippen molar-refractivity contribution in [2.45, 2.75) is 44.0 Å². The summed E-state index contributed by atoms with van der Waals surface area (Å²) in [5.74, 6) is 1.15. The first kappa shape index (κ1) is 16.6. The zero-order valence-corrected chi connectivity index (χ0v) is 14.6. The van der Waals surface area contributed by atoms with Gasteiger partial charge in [-0.1, -0.05) is 30.7 Å². The fraction of sp³-hybridized carbons (Fsp3) is 0.444. The standard InChI is InChI=1S/C18H25NS2/c1-3-12-19-16(8-11-17-5-4-13-20-17)14-21-18-9-6-15(2)7-10-18/h4-7,9-10,13,16,19H,3,8,11-12,14H2,1-2H3. The second-order valence-corrected chi connectivity index (χ2v) is 7.52. The van der Waals surface area contributed by atoms with Crippen LogP contribution in [0.15, 0.2) is 46.7 Å². The summed E-state index contributed by atoms with van der Waals surface area (Å²) in [5.41, 5.74) is 1.33. The molecule has 1 nitrogen and oxygen atoms in total. The molecule has 0 fully saturated rings. The normalized spacial score (nSPS) is 12.5. The van der Waals surface area contributed by atoms with E-state index in [-0.39, 0.29) is 0 Å². The van der Waals surface area contributed by atoms with Crippen molar-refractivity contribution < 1.29 is 0 Å². The first-order valence-electron chi connectivity index (χ1n) is 7.73. The van der Waals surface area contributed by atoms with E-state index in [2.05, 4.69) is 60.9 Å². The van der Waals surface area contributed by atoms with Gasteiger partial charge in [-0.2, -0.15) is 0 Å². The van der Waals surface area contributed by atoms with E-state index in [0.29, 0.717) is 6.04 Å². The predicted octanol–water partition coefficient (Wildman–Crippen LogP) is 5.15. The van der Waals surface area contributed by atoms with Crippen LogP contribution in [-0.4, -0.2) is 18.3 Å². The van der Waals surface area contributed by atoms with Gasteiger partial charge < -0.3 is 5.32 Å². The van der Waals surface area contributed by atoms with E-state index in [1.807, 2.05) is 23.1 Å². The van der Waals surface area contributed by atoms with Gasteiger partial charge in [-0.25, -0.2) is 0 Å². The largest absolute Gasteiger partial charge is 0.313 e. The summed E-state index contributed by atoms with van der Waals surface area (Å²) in [6.07, 6.45) is 3.61. The molecular formula is C18H25NS2. The van der Waals surface area contributed by atoms with Gasteiger partial charge in [0.2, 0.25) is 0 Å². The van der Waals surface area contributed by atoms with Gasteiger partial charge >= 0.3 is 0 Å². The first-order valence-corrected chi connectivity index (χ1v) is 9.59. The number of thioether (sulfide) groups is 1. The van der Waals surface area contributed by atoms with E-state index in [9.17, 15) is 0 Å². The van der Waals surface area contributed by atoms with E-state index in [1.54, 1.807) is 0 Å². The molecule has 1 aromatic carbocycles. The lowest BCUT2D eigenvalue weighted by molar-refractivity contribution is 0.521. The van der Waals surface area contributed by atoms with Crippen LogP contribution in [0.4, 0.5) is 0 Å². The molecule has 1 heterocycles. The SMILES string of the molecule is CCCNC(CCc1cccs1)CSc1ccc(C)cc1. The molecule has 0 aliphatic heterocycles. The summed E-state index contributed by atoms with van der Waals surface area (Å²) < 4.78 is 0. The molecule has 0 radical (unpaired) electrons. The maximum atomic E-state index is 3.70. The van der Waals surface area contributed by atoms with Crippen molar-refractivity contribution >= 4 is 23.1 Å². The minimum absolute atomic E-state index is 0.596. The highest BCUT2D eigenvalue weighted by Gasteiger charge is 2.09. The smallest absolute Gasteiger partial charge is 0.0165 e. The number of aryl methyl sites for hydroxylation is 2. The average molecular weight is 320 g/mol. The second kappa shape index (κ2) is 9.29. The molecule has 1 aromatic heterocycles. The van der Waals surface area contributed by atoms with Crippen LogP contribution in [-0.2, 0) is 6.42 Å². The average Bonchev–Trinajstić information content (AvgIpc) is 3.01. The van der Waals surface area contributed by atoms with Crippen molar-refractivity contribution in [1.82, 2.24) is 5.32 Å². The molecule has 0 spiro atoms. The molecule has 2 aromatic rings. The van der Waals surface area contributed by atoms with Gasteiger partial charge in [-0.15, -0.1) is 23.1 Å². The summed E-state index contributed by atoms with van der Waals surface area (Å²) in [5, 5.41) is 5.87. The molecule has 1 unspecified atom stereocenters. The molecule has 0 saturated heterocycles. The highest BCUT2D eigenvalue weighted by atomic mass is 32.2. The quantitative estimate of drug-likeness (QED) is 0.642. The van der Waals surface area contributed by atoms with Crippen LogP contribution in [0.3, 0.4) is 0 Å². The lowest BCUT2D eigenvalue weighted by atomic mass is 10.1. The monoisotopic (exact) mass is 319 g/mol. The number of benzene rings is 1. The molecule has 0 saturated carbocycles. The number of hydrogen-bond donors (Lipinski definition) is 1. The van der Waals surface area contributed by atoms with E-state index in [1.165, 1.54) is 34.6 Å². The zero-order valence-electron chi connectivity index (χ0n) is 13.0. The third-order valence-electron chi connectivity index (χ3n) is 3.47. The second-order valence-electron chi connectivity index (χ2n) is 5.39. The Bertz CT molecular complexity index is 490. The third-order valence-corrected chi connectivity index (χ3v) is 5.59. The lowest BCUT2D eigenvalue weighted by Gasteiger charge is -2.18. The molecule has 114 valence electrons. The Morgan fingerprint density at radius 1 is 1.19 bits per heavy atom. The Hall–Kier alpha value is -0.770. The molecule has 2 rings (SSSR count). The van der Waals surface area contributed by atoms with E-state index in [4.69, 9.17) is 0 Å². The molecule has 1 N–H and O–H groups in total. The van der Waals surface area contributed by atoms with Crippen LogP contribution < -0.4 is 5.32 Å². The molecule has 3 heteroatoms. The summed E-state index contributed by atoms with van der Waals surface area (Å²) >= 11 is 3.84. The van der Waals surface area contributed by atoms with Gasteiger partial charge in [0.25, 0.3) is 0 Å².